The van der Waals surface area contributed by atoms with Crippen LogP contribution in [0.15, 0.2) is 59.4 Å². The first-order valence-corrected chi connectivity index (χ1v) is 11.2. The third-order valence-electron chi connectivity index (χ3n) is 4.70. The zero-order valence-electron chi connectivity index (χ0n) is 16.6. The predicted molar refractivity (Wildman–Crippen MR) is 123 cm³/mol. The van der Waals surface area contributed by atoms with Gasteiger partial charge in [0.15, 0.2) is 0 Å². The molecular formula is C23H23ClN2O3S. The van der Waals surface area contributed by atoms with Crippen molar-refractivity contribution in [3.63, 3.8) is 0 Å². The molecule has 0 spiro atoms. The monoisotopic (exact) mass is 442 g/mol. The van der Waals surface area contributed by atoms with Crippen LogP contribution >= 0.6 is 23.4 Å². The van der Waals surface area contributed by atoms with Gasteiger partial charge in [0.1, 0.15) is 6.04 Å². The second-order valence-electron chi connectivity index (χ2n) is 6.96. The lowest BCUT2D eigenvalue weighted by Gasteiger charge is -2.18. The van der Waals surface area contributed by atoms with Gasteiger partial charge in [-0.05, 0) is 42.3 Å². The van der Waals surface area contributed by atoms with E-state index in [1.165, 1.54) is 17.8 Å². The third-order valence-corrected chi connectivity index (χ3v) is 6.01. The lowest BCUT2D eigenvalue weighted by Crippen LogP contribution is -2.41. The quantitative estimate of drug-likeness (QED) is 0.500. The fraction of sp³-hybridized carbons (Fsp3) is 0.261. The van der Waals surface area contributed by atoms with Gasteiger partial charge >= 0.3 is 0 Å². The molecule has 156 valence electrons. The smallest absolute Gasteiger partial charge is 0.251 e. The minimum absolute atomic E-state index is 0.116. The number of carbonyl (C=O) groups is 2. The normalized spacial score (nSPS) is 11.9. The molecule has 3 aromatic rings. The summed E-state index contributed by atoms with van der Waals surface area (Å²) < 4.78 is 0. The summed E-state index contributed by atoms with van der Waals surface area (Å²) in [5, 5.41) is 4.12. The molecule has 2 N–H and O–H groups in total. The molecule has 0 aliphatic rings. The molecule has 0 aliphatic heterocycles. The van der Waals surface area contributed by atoms with Gasteiger partial charge in [-0.3, -0.25) is 14.4 Å². The molecule has 0 radical (unpaired) electrons. The first-order valence-electron chi connectivity index (χ1n) is 9.82. The summed E-state index contributed by atoms with van der Waals surface area (Å²) in [5.74, 6) is 0.342. The van der Waals surface area contributed by atoms with Crippen LogP contribution in [-0.2, 0) is 11.2 Å². The van der Waals surface area contributed by atoms with Crippen molar-refractivity contribution < 1.29 is 9.59 Å². The molecule has 5 nitrogen and oxygen atoms in total. The molecule has 0 fully saturated rings. The van der Waals surface area contributed by atoms with Gasteiger partial charge < -0.3 is 10.3 Å². The van der Waals surface area contributed by atoms with Crippen LogP contribution in [0.4, 0.5) is 0 Å². The molecule has 7 heteroatoms. The number of pyridine rings is 1. The number of benzene rings is 2. The number of thioether (sulfide) groups is 1. The Morgan fingerprint density at radius 2 is 1.87 bits per heavy atom. The average Bonchev–Trinajstić information content (AvgIpc) is 2.73. The number of unbranched alkanes of at least 4 members (excludes halogenated alkanes) is 1. The Morgan fingerprint density at radius 1 is 1.13 bits per heavy atom. The van der Waals surface area contributed by atoms with E-state index in [9.17, 15) is 14.4 Å². The van der Waals surface area contributed by atoms with E-state index < -0.39 is 6.04 Å². The molecule has 2 aromatic carbocycles. The summed E-state index contributed by atoms with van der Waals surface area (Å²) in [5.41, 5.74) is 1.61. The number of fused-ring (bicyclic) bond motifs is 1. The highest BCUT2D eigenvalue weighted by atomic mass is 35.5. The lowest BCUT2D eigenvalue weighted by atomic mass is 10.0. The molecule has 1 unspecified atom stereocenters. The van der Waals surface area contributed by atoms with Gasteiger partial charge in [-0.25, -0.2) is 0 Å². The fourth-order valence-corrected chi connectivity index (χ4v) is 4.22. The molecule has 0 saturated carbocycles. The van der Waals surface area contributed by atoms with Crippen LogP contribution < -0.4 is 10.9 Å². The zero-order chi connectivity index (χ0) is 21.5. The number of aromatic nitrogens is 1. The number of rotatable bonds is 8. The Bertz CT molecular complexity index is 1100. The van der Waals surface area contributed by atoms with Crippen LogP contribution in [0.2, 0.25) is 5.02 Å². The number of carbonyl (C=O) groups excluding carboxylic acids is 2. The molecule has 3 rings (SSSR count). The first kappa shape index (κ1) is 22.1. The number of H-pyrrole nitrogens is 1. The molecule has 0 aliphatic carbocycles. The van der Waals surface area contributed by atoms with E-state index in [0.717, 1.165) is 23.8 Å². The summed E-state index contributed by atoms with van der Waals surface area (Å²) in [4.78, 5) is 40.5. The SMILES string of the molecule is CCCCSC(=O)C(Cc1cc(=O)[nH]c2ccccc12)NC(=O)c1ccc(Cl)cc1. The standard InChI is InChI=1S/C23H23ClN2O3S/c1-2-3-12-30-23(29)20(26-22(28)15-8-10-17(24)11-9-15)13-16-14-21(27)25-19-7-5-4-6-18(16)19/h4-11,14,20H,2-3,12-13H2,1H3,(H,25,27)(H,26,28). The minimum Gasteiger partial charge on any atom is -0.341 e. The maximum Gasteiger partial charge on any atom is 0.251 e. The van der Waals surface area contributed by atoms with Gasteiger partial charge in [0.05, 0.1) is 0 Å². The van der Waals surface area contributed by atoms with E-state index >= 15 is 0 Å². The number of hydrogen-bond donors (Lipinski definition) is 2. The van der Waals surface area contributed by atoms with E-state index in [0.29, 0.717) is 21.9 Å². The van der Waals surface area contributed by atoms with Gasteiger partial charge in [0.25, 0.3) is 5.91 Å². The van der Waals surface area contributed by atoms with Gasteiger partial charge in [-0.1, -0.05) is 54.9 Å². The van der Waals surface area contributed by atoms with Gasteiger partial charge in [0, 0.05) is 39.7 Å². The van der Waals surface area contributed by atoms with E-state index in [2.05, 4.69) is 17.2 Å². The van der Waals surface area contributed by atoms with Crippen LogP contribution in [-0.4, -0.2) is 27.8 Å². The topological polar surface area (TPSA) is 79.0 Å². The van der Waals surface area contributed by atoms with Crippen molar-refractivity contribution in [2.75, 3.05) is 5.75 Å². The molecule has 1 atom stereocenters. The molecule has 1 heterocycles. The Kier molecular flexibility index (Phi) is 7.71. The number of nitrogens with one attached hydrogen (secondary N) is 2. The lowest BCUT2D eigenvalue weighted by molar-refractivity contribution is -0.112. The van der Waals surface area contributed by atoms with Crippen LogP contribution in [0.3, 0.4) is 0 Å². The van der Waals surface area contributed by atoms with Crippen molar-refractivity contribution >= 4 is 45.3 Å². The summed E-state index contributed by atoms with van der Waals surface area (Å²) >= 11 is 7.12. The Morgan fingerprint density at radius 3 is 2.60 bits per heavy atom. The molecular weight excluding hydrogens is 420 g/mol. The highest BCUT2D eigenvalue weighted by Crippen LogP contribution is 2.19. The Hall–Kier alpha value is -2.57. The van der Waals surface area contributed by atoms with E-state index in [1.807, 2.05) is 24.3 Å². The van der Waals surface area contributed by atoms with Crippen LogP contribution in [0.1, 0.15) is 35.7 Å². The Labute approximate surface area is 184 Å². The molecule has 1 amide bonds. The summed E-state index contributed by atoms with van der Waals surface area (Å²) in [6.07, 6.45) is 2.14. The van der Waals surface area contributed by atoms with Gasteiger partial charge in [-0.2, -0.15) is 0 Å². The highest BCUT2D eigenvalue weighted by molar-refractivity contribution is 8.13. The maximum atomic E-state index is 12.9. The van der Waals surface area contributed by atoms with Crippen LogP contribution in [0.5, 0.6) is 0 Å². The second kappa shape index (κ2) is 10.5. The van der Waals surface area contributed by atoms with E-state index in [-0.39, 0.29) is 23.0 Å². The first-order chi connectivity index (χ1) is 14.5. The maximum absolute atomic E-state index is 12.9. The van der Waals surface area contributed by atoms with Gasteiger partial charge in [0.2, 0.25) is 10.7 Å². The van der Waals surface area contributed by atoms with Crippen molar-refractivity contribution in [1.82, 2.24) is 10.3 Å². The molecule has 0 saturated heterocycles. The highest BCUT2D eigenvalue weighted by Gasteiger charge is 2.23. The van der Waals surface area contributed by atoms with Crippen molar-refractivity contribution in [1.29, 1.82) is 0 Å². The summed E-state index contributed by atoms with van der Waals surface area (Å²) in [6, 6.07) is 14.7. The van der Waals surface area contributed by atoms with Crippen LogP contribution in [0, 0.1) is 0 Å². The van der Waals surface area contributed by atoms with E-state index in [4.69, 9.17) is 11.6 Å². The second-order valence-corrected chi connectivity index (χ2v) is 8.50. The number of halogens is 1. The summed E-state index contributed by atoms with van der Waals surface area (Å²) in [7, 11) is 0. The molecule has 30 heavy (non-hydrogen) atoms. The number of hydrogen-bond acceptors (Lipinski definition) is 4. The van der Waals surface area contributed by atoms with Crippen LogP contribution in [0.25, 0.3) is 10.9 Å². The van der Waals surface area contributed by atoms with Crippen molar-refractivity contribution in [3.05, 3.63) is 81.1 Å². The van der Waals surface area contributed by atoms with Crippen molar-refractivity contribution in [2.24, 2.45) is 0 Å². The number of amides is 1. The average molecular weight is 443 g/mol. The van der Waals surface area contributed by atoms with Crippen molar-refractivity contribution in [2.45, 2.75) is 32.2 Å². The largest absolute Gasteiger partial charge is 0.341 e. The number of aromatic amines is 1. The fourth-order valence-electron chi connectivity index (χ4n) is 3.12. The number of para-hydroxylation sites is 1. The summed E-state index contributed by atoms with van der Waals surface area (Å²) in [6.45, 7) is 2.06. The predicted octanol–water partition coefficient (Wildman–Crippen LogP) is 4.58. The van der Waals surface area contributed by atoms with E-state index in [1.54, 1.807) is 24.3 Å². The zero-order valence-corrected chi connectivity index (χ0v) is 18.2. The Balaban J connectivity index is 1.88. The third kappa shape index (κ3) is 5.74. The molecule has 0 bridgehead atoms. The van der Waals surface area contributed by atoms with Gasteiger partial charge in [-0.15, -0.1) is 0 Å². The molecule has 1 aromatic heterocycles. The van der Waals surface area contributed by atoms with Crippen molar-refractivity contribution in [3.8, 4) is 0 Å². The minimum atomic E-state index is -0.750.